The highest BCUT2D eigenvalue weighted by Crippen LogP contribution is 2.24. The lowest BCUT2D eigenvalue weighted by Crippen LogP contribution is -1.91. The van der Waals surface area contributed by atoms with Crippen LogP contribution < -0.4 is 5.32 Å². The van der Waals surface area contributed by atoms with Gasteiger partial charge in [0, 0.05) is 5.02 Å². The van der Waals surface area contributed by atoms with Gasteiger partial charge in [-0.15, -0.1) is 0 Å². The maximum Gasteiger partial charge on any atom is 0.138 e. The predicted octanol–water partition coefficient (Wildman–Crippen LogP) is 3.24. The van der Waals surface area contributed by atoms with E-state index in [1.54, 1.807) is 18.2 Å². The highest BCUT2D eigenvalue weighted by Gasteiger charge is 1.97. The quantitative estimate of drug-likeness (QED) is 0.587. The van der Waals surface area contributed by atoms with Crippen LogP contribution in [0.4, 0.5) is 5.69 Å². The van der Waals surface area contributed by atoms with Gasteiger partial charge in [-0.2, -0.15) is 0 Å². The van der Waals surface area contributed by atoms with Crippen molar-refractivity contribution in [1.29, 1.82) is 0 Å². The Bertz CT molecular complexity index is 275. The Labute approximate surface area is 80.3 Å². The van der Waals surface area contributed by atoms with E-state index >= 15 is 0 Å². The van der Waals surface area contributed by atoms with Gasteiger partial charge >= 0.3 is 0 Å². The van der Waals surface area contributed by atoms with E-state index < -0.39 is 0 Å². The lowest BCUT2D eigenvalue weighted by atomic mass is 10.3. The van der Waals surface area contributed by atoms with Gasteiger partial charge < -0.3 is 5.32 Å². The molecular formula is C7H4Cl2NS. The standard InChI is InChI=1S/C7H4Cl2NS/c8-5-1-2-7(10-4-11)6(9)3-5/h1-3H,(H,10,11). The van der Waals surface area contributed by atoms with Crippen LogP contribution in [0.1, 0.15) is 0 Å². The summed E-state index contributed by atoms with van der Waals surface area (Å²) in [5.41, 5.74) is 3.06. The lowest BCUT2D eigenvalue weighted by Gasteiger charge is -2.01. The fourth-order valence-electron chi connectivity index (χ4n) is 0.646. The molecule has 0 saturated heterocycles. The van der Waals surface area contributed by atoms with Gasteiger partial charge in [-0.3, -0.25) is 0 Å². The smallest absolute Gasteiger partial charge is 0.138 e. The summed E-state index contributed by atoms with van der Waals surface area (Å²) in [5.74, 6) is 0. The normalized spacial score (nSPS) is 9.27. The number of hydrogen-bond donors (Lipinski definition) is 1. The van der Waals surface area contributed by atoms with E-state index in [9.17, 15) is 0 Å². The van der Waals surface area contributed by atoms with E-state index in [-0.39, 0.29) is 0 Å². The summed E-state index contributed by atoms with van der Waals surface area (Å²) in [5, 5.41) is 3.82. The van der Waals surface area contributed by atoms with Crippen LogP contribution in [-0.2, 0) is 0 Å². The Morgan fingerprint density at radius 3 is 2.64 bits per heavy atom. The molecule has 57 valence electrons. The molecule has 0 unspecified atom stereocenters. The Kier molecular flexibility index (Phi) is 3.12. The maximum absolute atomic E-state index is 5.78. The largest absolute Gasteiger partial charge is 0.343 e. The van der Waals surface area contributed by atoms with Gasteiger partial charge in [-0.1, -0.05) is 35.4 Å². The number of thiocarbonyl (C=S) groups is 1. The van der Waals surface area contributed by atoms with Crippen molar-refractivity contribution < 1.29 is 0 Å². The van der Waals surface area contributed by atoms with Gasteiger partial charge in [0.25, 0.3) is 0 Å². The van der Waals surface area contributed by atoms with Gasteiger partial charge in [0.1, 0.15) is 5.49 Å². The SMILES string of the molecule is S=[C]Nc1ccc(Cl)cc1Cl. The predicted molar refractivity (Wildman–Crippen MR) is 52.7 cm³/mol. The van der Waals surface area contributed by atoms with Gasteiger partial charge in [0.05, 0.1) is 10.7 Å². The molecule has 0 atom stereocenters. The molecule has 0 aromatic heterocycles. The van der Waals surface area contributed by atoms with Crippen LogP contribution in [0.15, 0.2) is 18.2 Å². The van der Waals surface area contributed by atoms with Gasteiger partial charge in [-0.05, 0) is 18.2 Å². The first-order valence-electron chi connectivity index (χ1n) is 2.82. The molecule has 4 heteroatoms. The van der Waals surface area contributed by atoms with E-state index in [2.05, 4.69) is 23.0 Å². The molecule has 1 nitrogen and oxygen atoms in total. The summed E-state index contributed by atoms with van der Waals surface area (Å²) < 4.78 is 0. The molecule has 0 bridgehead atoms. The number of hydrogen-bond acceptors (Lipinski definition) is 1. The van der Waals surface area contributed by atoms with Crippen LogP contribution in [0.25, 0.3) is 0 Å². The van der Waals surface area contributed by atoms with Crippen molar-refractivity contribution in [2.24, 2.45) is 0 Å². The topological polar surface area (TPSA) is 12.0 Å². The van der Waals surface area contributed by atoms with Crippen LogP contribution in [-0.4, -0.2) is 5.49 Å². The molecule has 1 aromatic rings. The monoisotopic (exact) mass is 204 g/mol. The molecule has 11 heavy (non-hydrogen) atoms. The summed E-state index contributed by atoms with van der Waals surface area (Å²) in [6.07, 6.45) is 0. The molecule has 0 saturated carbocycles. The second-order valence-electron chi connectivity index (χ2n) is 1.85. The molecule has 1 rings (SSSR count). The number of halogens is 2. The number of rotatable bonds is 2. The van der Waals surface area contributed by atoms with Crippen LogP contribution in [0.5, 0.6) is 0 Å². The molecule has 0 aliphatic carbocycles. The zero-order chi connectivity index (χ0) is 8.27. The average molecular weight is 205 g/mol. The van der Waals surface area contributed by atoms with Crippen LogP contribution in [0.2, 0.25) is 10.0 Å². The Morgan fingerprint density at radius 1 is 1.36 bits per heavy atom. The van der Waals surface area contributed by atoms with Crippen LogP contribution in [0.3, 0.4) is 0 Å². The van der Waals surface area contributed by atoms with Crippen molar-refractivity contribution in [1.82, 2.24) is 0 Å². The van der Waals surface area contributed by atoms with Gasteiger partial charge in [0.2, 0.25) is 0 Å². The fourth-order valence-corrected chi connectivity index (χ4v) is 1.21. The molecule has 0 aliphatic rings. The summed E-state index contributed by atoms with van der Waals surface area (Å²) in [6.45, 7) is 0. The van der Waals surface area contributed by atoms with Gasteiger partial charge in [0.15, 0.2) is 0 Å². The second kappa shape index (κ2) is 3.90. The molecule has 1 radical (unpaired) electrons. The van der Waals surface area contributed by atoms with Crippen molar-refractivity contribution in [2.75, 3.05) is 5.32 Å². The van der Waals surface area contributed by atoms with Crippen LogP contribution in [0, 0.1) is 0 Å². The van der Waals surface area contributed by atoms with E-state index in [0.717, 1.165) is 0 Å². The lowest BCUT2D eigenvalue weighted by molar-refractivity contribution is 1.66. The third-order valence-corrected chi connectivity index (χ3v) is 1.77. The highest BCUT2D eigenvalue weighted by atomic mass is 35.5. The molecular weight excluding hydrogens is 201 g/mol. The summed E-state index contributed by atoms with van der Waals surface area (Å²) in [4.78, 5) is 0. The molecule has 0 aliphatic heterocycles. The Hall–Kier alpha value is -0.310. The van der Waals surface area contributed by atoms with Crippen molar-refractivity contribution in [3.05, 3.63) is 28.2 Å². The number of benzene rings is 1. The molecule has 1 aromatic carbocycles. The van der Waals surface area contributed by atoms with Crippen molar-refractivity contribution in [2.45, 2.75) is 0 Å². The zero-order valence-corrected chi connectivity index (χ0v) is 7.72. The first kappa shape index (κ1) is 8.78. The zero-order valence-electron chi connectivity index (χ0n) is 5.40. The summed E-state index contributed by atoms with van der Waals surface area (Å²) in [6, 6.07) is 5.10. The van der Waals surface area contributed by atoms with Gasteiger partial charge in [-0.25, -0.2) is 0 Å². The van der Waals surface area contributed by atoms with Crippen molar-refractivity contribution in [3.63, 3.8) is 0 Å². The Balaban J connectivity index is 2.98. The van der Waals surface area contributed by atoms with Crippen molar-refractivity contribution in [3.8, 4) is 0 Å². The second-order valence-corrected chi connectivity index (χ2v) is 2.90. The molecule has 0 heterocycles. The van der Waals surface area contributed by atoms with Crippen LogP contribution >= 0.6 is 35.4 Å². The third-order valence-electron chi connectivity index (χ3n) is 1.12. The fraction of sp³-hybridized carbons (Fsp3) is 0. The first-order chi connectivity index (χ1) is 5.24. The maximum atomic E-state index is 5.78. The minimum atomic E-state index is 0.537. The summed E-state index contributed by atoms with van der Waals surface area (Å²) in [7, 11) is 0. The molecule has 0 fully saturated rings. The average Bonchev–Trinajstić information content (AvgIpc) is 1.95. The minimum Gasteiger partial charge on any atom is -0.343 e. The first-order valence-corrected chi connectivity index (χ1v) is 3.98. The van der Waals surface area contributed by atoms with E-state index in [0.29, 0.717) is 15.7 Å². The Morgan fingerprint density at radius 2 is 2.09 bits per heavy atom. The molecule has 0 amide bonds. The summed E-state index contributed by atoms with van der Waals surface area (Å²) >= 11 is 15.9. The number of nitrogens with one attached hydrogen (secondary N) is 1. The van der Waals surface area contributed by atoms with Crippen molar-refractivity contribution >= 4 is 46.6 Å². The third kappa shape index (κ3) is 2.33. The van der Waals surface area contributed by atoms with E-state index in [1.165, 1.54) is 0 Å². The highest BCUT2D eigenvalue weighted by molar-refractivity contribution is 7.79. The van der Waals surface area contributed by atoms with E-state index in [1.807, 2.05) is 0 Å². The minimum absolute atomic E-state index is 0.537. The number of anilines is 1. The molecule has 1 N–H and O–H groups in total. The van der Waals surface area contributed by atoms with E-state index in [4.69, 9.17) is 23.2 Å². The molecule has 0 spiro atoms.